The van der Waals surface area contributed by atoms with Crippen molar-refractivity contribution in [3.05, 3.63) is 35.8 Å². The highest BCUT2D eigenvalue weighted by molar-refractivity contribution is 5.12. The molecule has 0 fully saturated rings. The summed E-state index contributed by atoms with van der Waals surface area (Å²) in [6, 6.07) is 3.37. The van der Waals surface area contributed by atoms with Crippen LogP contribution < -0.4 is 5.73 Å². The van der Waals surface area contributed by atoms with Gasteiger partial charge in [-0.05, 0) is 25.5 Å². The van der Waals surface area contributed by atoms with Crippen molar-refractivity contribution in [3.8, 4) is 0 Å². The second-order valence-corrected chi connectivity index (χ2v) is 3.23. The molecule has 72 valence electrons. The second-order valence-electron chi connectivity index (χ2n) is 3.23. The summed E-state index contributed by atoms with van der Waals surface area (Å²) in [4.78, 5) is 0. The van der Waals surface area contributed by atoms with Gasteiger partial charge >= 0.3 is 0 Å². The molecule has 3 nitrogen and oxygen atoms in total. The fraction of sp³-hybridized carbons (Fsp3) is 0.400. The molecule has 0 radical (unpaired) electrons. The fourth-order valence-electron chi connectivity index (χ4n) is 1.15. The van der Waals surface area contributed by atoms with Crippen molar-refractivity contribution < 1.29 is 9.52 Å². The molecule has 3 heteroatoms. The number of hydrogen-bond acceptors (Lipinski definition) is 3. The molecule has 1 atom stereocenters. The summed E-state index contributed by atoms with van der Waals surface area (Å²) in [5.41, 5.74) is 6.85. The van der Waals surface area contributed by atoms with Crippen LogP contribution in [0.5, 0.6) is 0 Å². The Morgan fingerprint density at radius 3 is 2.85 bits per heavy atom. The van der Waals surface area contributed by atoms with Gasteiger partial charge in [0.1, 0.15) is 18.1 Å². The zero-order valence-corrected chi connectivity index (χ0v) is 7.79. The predicted octanol–water partition coefficient (Wildman–Crippen LogP) is 1.74. The lowest BCUT2D eigenvalue weighted by atomic mass is 10.1. The van der Waals surface area contributed by atoms with Crippen LogP contribution in [0.4, 0.5) is 0 Å². The van der Waals surface area contributed by atoms with E-state index in [1.54, 1.807) is 12.1 Å². The monoisotopic (exact) mass is 181 g/mol. The normalized spacial score (nSPS) is 12.8. The van der Waals surface area contributed by atoms with Crippen LogP contribution >= 0.6 is 0 Å². The molecule has 0 saturated heterocycles. The van der Waals surface area contributed by atoms with E-state index in [1.807, 2.05) is 6.92 Å². The Hall–Kier alpha value is -1.06. The Labute approximate surface area is 77.9 Å². The lowest BCUT2D eigenvalue weighted by molar-refractivity contribution is 0.241. The van der Waals surface area contributed by atoms with E-state index in [1.165, 1.54) is 0 Å². The van der Waals surface area contributed by atoms with E-state index in [-0.39, 0.29) is 12.6 Å². The molecule has 1 rings (SSSR count). The van der Waals surface area contributed by atoms with Gasteiger partial charge in [-0.3, -0.25) is 0 Å². The summed E-state index contributed by atoms with van der Waals surface area (Å²) in [7, 11) is 0. The van der Waals surface area contributed by atoms with E-state index in [0.29, 0.717) is 17.9 Å². The van der Waals surface area contributed by atoms with Crippen LogP contribution in [0, 0.1) is 0 Å². The fourth-order valence-corrected chi connectivity index (χ4v) is 1.15. The van der Waals surface area contributed by atoms with Gasteiger partial charge in [0.25, 0.3) is 0 Å². The third kappa shape index (κ3) is 2.72. The van der Waals surface area contributed by atoms with Gasteiger partial charge in [0.2, 0.25) is 0 Å². The van der Waals surface area contributed by atoms with Crippen molar-refractivity contribution in [2.45, 2.75) is 26.0 Å². The third-order valence-corrected chi connectivity index (χ3v) is 1.77. The minimum absolute atomic E-state index is 0.0835. The Kier molecular flexibility index (Phi) is 3.28. The first-order chi connectivity index (χ1) is 6.13. The number of aliphatic hydroxyl groups is 1. The first-order valence-corrected chi connectivity index (χ1v) is 4.23. The first kappa shape index (κ1) is 10.0. The van der Waals surface area contributed by atoms with Crippen LogP contribution in [0.25, 0.3) is 0 Å². The van der Waals surface area contributed by atoms with Crippen molar-refractivity contribution >= 4 is 0 Å². The predicted molar refractivity (Wildman–Crippen MR) is 51.0 cm³/mol. The van der Waals surface area contributed by atoms with Crippen molar-refractivity contribution in [1.82, 2.24) is 0 Å². The van der Waals surface area contributed by atoms with Crippen LogP contribution in [-0.4, -0.2) is 5.11 Å². The van der Waals surface area contributed by atoms with Crippen LogP contribution in [0.3, 0.4) is 0 Å². The standard InChI is InChI=1S/C10H15NO2/c1-7(2)5-9(11)10-4-3-8(6-12)13-10/h3-4,9,12H,1,5-6,11H2,2H3/t9-/m1/s1. The molecule has 0 spiro atoms. The maximum Gasteiger partial charge on any atom is 0.129 e. The van der Waals surface area contributed by atoms with Crippen LogP contribution in [0.1, 0.15) is 30.9 Å². The summed E-state index contributed by atoms with van der Waals surface area (Å²) in [6.07, 6.45) is 0.707. The van der Waals surface area contributed by atoms with E-state index in [9.17, 15) is 0 Å². The van der Waals surface area contributed by atoms with Gasteiger partial charge in [0, 0.05) is 0 Å². The molecule has 0 bridgehead atoms. The molecule has 1 aromatic rings. The summed E-state index contributed by atoms with van der Waals surface area (Å²) in [5.74, 6) is 1.25. The largest absolute Gasteiger partial charge is 0.462 e. The zero-order valence-electron chi connectivity index (χ0n) is 7.79. The van der Waals surface area contributed by atoms with Gasteiger partial charge in [-0.15, -0.1) is 6.58 Å². The Morgan fingerprint density at radius 2 is 2.38 bits per heavy atom. The maximum atomic E-state index is 8.76. The topological polar surface area (TPSA) is 59.4 Å². The summed E-state index contributed by atoms with van der Waals surface area (Å²) in [5, 5.41) is 8.76. The van der Waals surface area contributed by atoms with Crippen LogP contribution in [0.15, 0.2) is 28.7 Å². The van der Waals surface area contributed by atoms with Crippen LogP contribution in [-0.2, 0) is 6.61 Å². The molecule has 0 aliphatic carbocycles. The minimum atomic E-state index is -0.155. The number of rotatable bonds is 4. The zero-order chi connectivity index (χ0) is 9.84. The highest BCUT2D eigenvalue weighted by atomic mass is 16.4. The average molecular weight is 181 g/mol. The van der Waals surface area contributed by atoms with Gasteiger partial charge in [-0.1, -0.05) is 5.57 Å². The maximum absolute atomic E-state index is 8.76. The van der Waals surface area contributed by atoms with Gasteiger partial charge in [0.15, 0.2) is 0 Å². The molecule has 0 aromatic carbocycles. The van der Waals surface area contributed by atoms with Gasteiger partial charge in [-0.25, -0.2) is 0 Å². The van der Waals surface area contributed by atoms with Gasteiger partial charge < -0.3 is 15.3 Å². The van der Waals surface area contributed by atoms with E-state index in [0.717, 1.165) is 5.57 Å². The average Bonchev–Trinajstić information content (AvgIpc) is 2.50. The summed E-state index contributed by atoms with van der Waals surface area (Å²) < 4.78 is 5.28. The molecule has 13 heavy (non-hydrogen) atoms. The lowest BCUT2D eigenvalue weighted by Gasteiger charge is -2.07. The quantitative estimate of drug-likeness (QED) is 0.695. The van der Waals surface area contributed by atoms with Crippen molar-refractivity contribution in [2.75, 3.05) is 0 Å². The Balaban J connectivity index is 2.65. The molecule has 1 heterocycles. The molecular formula is C10H15NO2. The minimum Gasteiger partial charge on any atom is -0.462 e. The Morgan fingerprint density at radius 1 is 1.69 bits per heavy atom. The Bertz CT molecular complexity index is 291. The molecule has 0 aliphatic heterocycles. The van der Waals surface area contributed by atoms with Crippen LogP contribution in [0.2, 0.25) is 0 Å². The molecule has 0 unspecified atom stereocenters. The van der Waals surface area contributed by atoms with E-state index < -0.39 is 0 Å². The smallest absolute Gasteiger partial charge is 0.129 e. The van der Waals surface area contributed by atoms with Crippen molar-refractivity contribution in [3.63, 3.8) is 0 Å². The van der Waals surface area contributed by atoms with Gasteiger partial charge in [0.05, 0.1) is 6.04 Å². The molecule has 0 aliphatic rings. The highest BCUT2D eigenvalue weighted by Gasteiger charge is 2.10. The van der Waals surface area contributed by atoms with Gasteiger partial charge in [-0.2, -0.15) is 0 Å². The first-order valence-electron chi connectivity index (χ1n) is 4.23. The lowest BCUT2D eigenvalue weighted by Crippen LogP contribution is -2.09. The van der Waals surface area contributed by atoms with E-state index in [2.05, 4.69) is 6.58 Å². The molecule has 0 amide bonds. The van der Waals surface area contributed by atoms with E-state index >= 15 is 0 Å². The third-order valence-electron chi connectivity index (χ3n) is 1.77. The summed E-state index contributed by atoms with van der Waals surface area (Å²) >= 11 is 0. The SMILES string of the molecule is C=C(C)C[C@@H](N)c1ccc(CO)o1. The molecule has 1 aromatic heterocycles. The molecule has 0 saturated carbocycles. The molecule has 3 N–H and O–H groups in total. The van der Waals surface area contributed by atoms with Crippen molar-refractivity contribution in [1.29, 1.82) is 0 Å². The number of nitrogens with two attached hydrogens (primary N) is 1. The van der Waals surface area contributed by atoms with E-state index in [4.69, 9.17) is 15.3 Å². The molecular weight excluding hydrogens is 166 g/mol. The summed E-state index contributed by atoms with van der Waals surface area (Å²) in [6.45, 7) is 5.62. The number of furan rings is 1. The highest BCUT2D eigenvalue weighted by Crippen LogP contribution is 2.19. The number of aliphatic hydroxyl groups excluding tert-OH is 1. The second kappa shape index (κ2) is 4.25. The number of hydrogen-bond donors (Lipinski definition) is 2. The van der Waals surface area contributed by atoms with Crippen molar-refractivity contribution in [2.24, 2.45) is 5.73 Å².